The minimum Gasteiger partial charge on any atom is -0.494 e. The number of hydrogen-bond acceptors (Lipinski definition) is 3. The number of benzene rings is 1. The highest BCUT2D eigenvalue weighted by Gasteiger charge is 2.07. The topological polar surface area (TPSA) is 24.5 Å². The van der Waals surface area contributed by atoms with Crippen molar-refractivity contribution in [3.63, 3.8) is 0 Å². The van der Waals surface area contributed by atoms with Gasteiger partial charge in [-0.1, -0.05) is 17.7 Å². The molecule has 1 aromatic rings. The van der Waals surface area contributed by atoms with Gasteiger partial charge in [0.15, 0.2) is 0 Å². The van der Waals surface area contributed by atoms with Gasteiger partial charge in [0.25, 0.3) is 0 Å². The Morgan fingerprint density at radius 2 is 1.95 bits per heavy atom. The second kappa shape index (κ2) is 8.18. The van der Waals surface area contributed by atoms with Crippen LogP contribution in [0.1, 0.15) is 24.8 Å². The molecule has 1 heterocycles. The highest BCUT2D eigenvalue weighted by molar-refractivity contribution is 5.26. The monoisotopic (exact) mass is 262 g/mol. The first-order valence-corrected chi connectivity index (χ1v) is 7.47. The van der Waals surface area contributed by atoms with Gasteiger partial charge in [-0.05, 0) is 58.0 Å². The lowest BCUT2D eigenvalue weighted by Crippen LogP contribution is -2.29. The van der Waals surface area contributed by atoms with Crippen molar-refractivity contribution in [3.05, 3.63) is 29.8 Å². The second-order valence-electron chi connectivity index (χ2n) is 5.31. The smallest absolute Gasteiger partial charge is 0.119 e. The zero-order valence-electron chi connectivity index (χ0n) is 12.0. The van der Waals surface area contributed by atoms with E-state index in [4.69, 9.17) is 4.74 Å². The van der Waals surface area contributed by atoms with Crippen LogP contribution in [-0.2, 0) is 0 Å². The maximum atomic E-state index is 5.74. The van der Waals surface area contributed by atoms with E-state index in [1.54, 1.807) is 0 Å². The Morgan fingerprint density at radius 3 is 2.79 bits per heavy atom. The van der Waals surface area contributed by atoms with E-state index < -0.39 is 0 Å². The predicted octanol–water partition coefficient (Wildman–Crippen LogP) is 2.45. The van der Waals surface area contributed by atoms with E-state index in [0.717, 1.165) is 25.3 Å². The van der Waals surface area contributed by atoms with Crippen LogP contribution in [-0.4, -0.2) is 44.2 Å². The molecule has 0 aromatic heterocycles. The maximum Gasteiger partial charge on any atom is 0.119 e. The maximum absolute atomic E-state index is 5.74. The zero-order valence-corrected chi connectivity index (χ0v) is 12.0. The summed E-state index contributed by atoms with van der Waals surface area (Å²) < 4.78 is 5.74. The molecule has 1 fully saturated rings. The van der Waals surface area contributed by atoms with Crippen LogP contribution in [0.2, 0.25) is 0 Å². The van der Waals surface area contributed by atoms with Crippen molar-refractivity contribution in [1.29, 1.82) is 0 Å². The normalized spacial score (nSPS) is 17.1. The summed E-state index contributed by atoms with van der Waals surface area (Å²) in [4.78, 5) is 2.56. The molecule has 1 N–H and O–H groups in total. The van der Waals surface area contributed by atoms with Crippen LogP contribution in [0.4, 0.5) is 0 Å². The van der Waals surface area contributed by atoms with Crippen molar-refractivity contribution in [2.24, 2.45) is 0 Å². The minimum atomic E-state index is 0.829. The Hall–Kier alpha value is -1.06. The van der Waals surface area contributed by atoms with Gasteiger partial charge in [-0.15, -0.1) is 0 Å². The van der Waals surface area contributed by atoms with Crippen molar-refractivity contribution in [2.45, 2.75) is 26.2 Å². The van der Waals surface area contributed by atoms with Gasteiger partial charge in [-0.3, -0.25) is 0 Å². The van der Waals surface area contributed by atoms with Crippen LogP contribution in [0.3, 0.4) is 0 Å². The summed E-state index contributed by atoms with van der Waals surface area (Å²) in [5.74, 6) is 0.990. The Kier molecular flexibility index (Phi) is 6.18. The largest absolute Gasteiger partial charge is 0.494 e. The molecule has 0 radical (unpaired) electrons. The summed E-state index contributed by atoms with van der Waals surface area (Å²) in [6.45, 7) is 8.88. The molecule has 19 heavy (non-hydrogen) atoms. The summed E-state index contributed by atoms with van der Waals surface area (Å²) in [5.41, 5.74) is 1.28. The van der Waals surface area contributed by atoms with Gasteiger partial charge in [0.1, 0.15) is 5.75 Å². The van der Waals surface area contributed by atoms with E-state index in [9.17, 15) is 0 Å². The highest BCUT2D eigenvalue weighted by Crippen LogP contribution is 2.11. The molecule has 3 nitrogen and oxygen atoms in total. The van der Waals surface area contributed by atoms with Gasteiger partial charge < -0.3 is 15.0 Å². The van der Waals surface area contributed by atoms with Crippen molar-refractivity contribution >= 4 is 0 Å². The fraction of sp³-hybridized carbons (Fsp3) is 0.625. The average molecular weight is 262 g/mol. The Bertz CT molecular complexity index is 342. The van der Waals surface area contributed by atoms with E-state index in [1.807, 2.05) is 0 Å². The molecule has 0 saturated carbocycles. The van der Waals surface area contributed by atoms with Gasteiger partial charge in [0.2, 0.25) is 0 Å². The fourth-order valence-electron chi connectivity index (χ4n) is 2.39. The summed E-state index contributed by atoms with van der Waals surface area (Å²) in [5, 5.41) is 3.44. The third-order valence-corrected chi connectivity index (χ3v) is 3.59. The standard InChI is InChI=1S/C16H26N2O/c1-15-5-7-16(8-6-15)19-14-3-2-11-18-12-4-9-17-10-13-18/h5-8,17H,2-4,9-14H2,1H3. The van der Waals surface area contributed by atoms with E-state index in [-0.39, 0.29) is 0 Å². The second-order valence-corrected chi connectivity index (χ2v) is 5.31. The quantitative estimate of drug-likeness (QED) is 0.797. The third kappa shape index (κ3) is 5.62. The van der Waals surface area contributed by atoms with Crippen molar-refractivity contribution < 1.29 is 4.74 Å². The van der Waals surface area contributed by atoms with Gasteiger partial charge in [0.05, 0.1) is 6.61 Å². The number of nitrogens with zero attached hydrogens (tertiary/aromatic N) is 1. The number of ether oxygens (including phenoxy) is 1. The van der Waals surface area contributed by atoms with E-state index in [1.165, 1.54) is 44.6 Å². The molecule has 1 saturated heterocycles. The van der Waals surface area contributed by atoms with E-state index in [0.29, 0.717) is 0 Å². The van der Waals surface area contributed by atoms with Gasteiger partial charge >= 0.3 is 0 Å². The van der Waals surface area contributed by atoms with Crippen LogP contribution < -0.4 is 10.1 Å². The summed E-state index contributed by atoms with van der Waals surface area (Å²) in [6, 6.07) is 8.30. The number of rotatable bonds is 6. The molecule has 0 atom stereocenters. The predicted molar refractivity (Wildman–Crippen MR) is 79.8 cm³/mol. The SMILES string of the molecule is Cc1ccc(OCCCCN2CCCNCC2)cc1. The molecule has 0 aliphatic carbocycles. The van der Waals surface area contributed by atoms with E-state index in [2.05, 4.69) is 41.4 Å². The molecule has 1 aliphatic heterocycles. The third-order valence-electron chi connectivity index (χ3n) is 3.59. The zero-order chi connectivity index (χ0) is 13.3. The molecule has 106 valence electrons. The first-order chi connectivity index (χ1) is 9.34. The number of aryl methyl sites for hydroxylation is 1. The number of hydrogen-bond donors (Lipinski definition) is 1. The Morgan fingerprint density at radius 1 is 1.11 bits per heavy atom. The van der Waals surface area contributed by atoms with Gasteiger partial charge in [-0.25, -0.2) is 0 Å². The molecular formula is C16H26N2O. The van der Waals surface area contributed by atoms with E-state index >= 15 is 0 Å². The Balaban J connectivity index is 1.55. The molecular weight excluding hydrogens is 236 g/mol. The number of unbranched alkanes of at least 4 members (excludes halogenated alkanes) is 1. The molecule has 2 rings (SSSR count). The van der Waals surface area contributed by atoms with Crippen LogP contribution >= 0.6 is 0 Å². The lowest BCUT2D eigenvalue weighted by atomic mass is 10.2. The molecule has 1 aliphatic rings. The fourth-order valence-corrected chi connectivity index (χ4v) is 2.39. The van der Waals surface area contributed by atoms with Crippen molar-refractivity contribution in [1.82, 2.24) is 10.2 Å². The number of nitrogens with one attached hydrogen (secondary N) is 1. The van der Waals surface area contributed by atoms with Crippen LogP contribution in [0.5, 0.6) is 5.75 Å². The summed E-state index contributed by atoms with van der Waals surface area (Å²) in [7, 11) is 0. The van der Waals surface area contributed by atoms with Crippen molar-refractivity contribution in [3.8, 4) is 5.75 Å². The first kappa shape index (κ1) is 14.4. The Labute approximate surface area is 116 Å². The lowest BCUT2D eigenvalue weighted by Gasteiger charge is -2.19. The molecule has 3 heteroatoms. The summed E-state index contributed by atoms with van der Waals surface area (Å²) >= 11 is 0. The molecule has 0 bridgehead atoms. The van der Waals surface area contributed by atoms with Crippen LogP contribution in [0.25, 0.3) is 0 Å². The highest BCUT2D eigenvalue weighted by atomic mass is 16.5. The molecule has 1 aromatic carbocycles. The van der Waals surface area contributed by atoms with Gasteiger partial charge in [0, 0.05) is 13.1 Å². The average Bonchev–Trinajstić information content (AvgIpc) is 2.69. The minimum absolute atomic E-state index is 0.829. The van der Waals surface area contributed by atoms with Crippen LogP contribution in [0, 0.1) is 6.92 Å². The summed E-state index contributed by atoms with van der Waals surface area (Å²) in [6.07, 6.45) is 3.64. The molecule has 0 unspecified atom stereocenters. The molecule has 0 spiro atoms. The lowest BCUT2D eigenvalue weighted by molar-refractivity contribution is 0.260. The first-order valence-electron chi connectivity index (χ1n) is 7.47. The van der Waals surface area contributed by atoms with Crippen LogP contribution in [0.15, 0.2) is 24.3 Å². The van der Waals surface area contributed by atoms with Gasteiger partial charge in [-0.2, -0.15) is 0 Å². The van der Waals surface area contributed by atoms with Crippen molar-refractivity contribution in [2.75, 3.05) is 39.3 Å². The molecule has 0 amide bonds.